The molecule has 2 aromatic carbocycles. The molecule has 0 unspecified atom stereocenters. The average Bonchev–Trinajstić information content (AvgIpc) is 3.49. The lowest BCUT2D eigenvalue weighted by Crippen LogP contribution is -2.33. The first kappa shape index (κ1) is 22.8. The Morgan fingerprint density at radius 1 is 1.17 bits per heavy atom. The Labute approximate surface area is 202 Å². The Bertz CT molecular complexity index is 1430. The first-order chi connectivity index (χ1) is 17.0. The van der Waals surface area contributed by atoms with Crippen molar-refractivity contribution in [3.05, 3.63) is 71.5 Å². The number of urea groups is 1. The van der Waals surface area contributed by atoms with Crippen molar-refractivity contribution in [3.8, 4) is 0 Å². The van der Waals surface area contributed by atoms with Crippen LogP contribution in [0.4, 0.5) is 10.5 Å². The highest BCUT2D eigenvalue weighted by atomic mass is 16.5. The van der Waals surface area contributed by atoms with Crippen LogP contribution in [0.15, 0.2) is 54.6 Å². The fraction of sp³-hybridized carbons (Fsp3) is 0.269. The van der Waals surface area contributed by atoms with Gasteiger partial charge in [-0.3, -0.25) is 0 Å². The highest BCUT2D eigenvalue weighted by molar-refractivity contribution is 5.96. The largest absolute Gasteiger partial charge is 0.477 e. The Morgan fingerprint density at radius 3 is 2.74 bits per heavy atom. The number of nitrogens with two attached hydrogens (primary N) is 1. The molecular weight excluding hydrogens is 446 g/mol. The number of carboxylic acid groups (broad SMARTS) is 1. The zero-order valence-corrected chi connectivity index (χ0v) is 19.4. The summed E-state index contributed by atoms with van der Waals surface area (Å²) in [6.45, 7) is 1.72. The van der Waals surface area contributed by atoms with Gasteiger partial charge in [-0.05, 0) is 53.1 Å². The van der Waals surface area contributed by atoms with Crippen LogP contribution in [-0.4, -0.2) is 57.9 Å². The van der Waals surface area contributed by atoms with E-state index in [1.165, 1.54) is 0 Å². The Hall–Kier alpha value is -3.95. The smallest absolute Gasteiger partial charge is 0.352 e. The van der Waals surface area contributed by atoms with Crippen molar-refractivity contribution in [1.82, 2.24) is 14.5 Å². The molecule has 0 radical (unpaired) electrons. The molecule has 1 saturated heterocycles. The van der Waals surface area contributed by atoms with Crippen molar-refractivity contribution in [1.29, 1.82) is 0 Å². The standard InChI is InChI=1S/C26H27N5O4/c1-35-21-8-9-30(15-21)26(34)29-20-10-16-4-2-3-5-22(16)18(11-20)14-31-23(25(32)33)12-17-6-7-19(13-27)28-24(17)31/h2-7,10-12,21H,8-9,13-15,27H2,1H3,(H,29,34)(H,32,33)/t21-/m1/s1. The molecule has 0 saturated carbocycles. The molecule has 1 atom stereocenters. The van der Waals surface area contributed by atoms with Crippen molar-refractivity contribution in [2.24, 2.45) is 5.73 Å². The highest BCUT2D eigenvalue weighted by Gasteiger charge is 2.26. The predicted octanol–water partition coefficient (Wildman–Crippen LogP) is 3.65. The van der Waals surface area contributed by atoms with Gasteiger partial charge in [-0.25, -0.2) is 14.6 Å². The van der Waals surface area contributed by atoms with Crippen LogP contribution >= 0.6 is 0 Å². The SMILES string of the molecule is CO[C@@H]1CCN(C(=O)Nc2cc(Cn3c(C(=O)O)cc4ccc(CN)nc43)c3ccccc3c2)C1. The number of benzene rings is 2. The van der Waals surface area contributed by atoms with Crippen LogP contribution in [0.3, 0.4) is 0 Å². The minimum absolute atomic E-state index is 0.0512. The van der Waals surface area contributed by atoms with Crippen LogP contribution in [0.1, 0.15) is 28.2 Å². The molecule has 5 rings (SSSR count). The van der Waals surface area contributed by atoms with Gasteiger partial charge in [0.25, 0.3) is 0 Å². The summed E-state index contributed by atoms with van der Waals surface area (Å²) in [5, 5.41) is 15.5. The van der Waals surface area contributed by atoms with E-state index in [1.807, 2.05) is 42.5 Å². The lowest BCUT2D eigenvalue weighted by atomic mass is 10.0. The van der Waals surface area contributed by atoms with E-state index >= 15 is 0 Å². The maximum Gasteiger partial charge on any atom is 0.352 e. The van der Waals surface area contributed by atoms with E-state index in [4.69, 9.17) is 10.5 Å². The zero-order chi connectivity index (χ0) is 24.5. The van der Waals surface area contributed by atoms with E-state index in [1.54, 1.807) is 28.7 Å². The highest BCUT2D eigenvalue weighted by Crippen LogP contribution is 2.28. The summed E-state index contributed by atoms with van der Waals surface area (Å²) in [5.41, 5.74) is 8.68. The van der Waals surface area contributed by atoms with Gasteiger partial charge < -0.3 is 30.4 Å². The number of anilines is 1. The summed E-state index contributed by atoms with van der Waals surface area (Å²) in [6.07, 6.45) is 0.860. The minimum atomic E-state index is -1.03. The normalized spacial score (nSPS) is 15.7. The van der Waals surface area contributed by atoms with E-state index in [2.05, 4.69) is 10.3 Å². The van der Waals surface area contributed by atoms with Gasteiger partial charge in [0.05, 0.1) is 18.3 Å². The lowest BCUT2D eigenvalue weighted by molar-refractivity contribution is 0.0686. The molecule has 180 valence electrons. The number of nitrogens with one attached hydrogen (secondary N) is 1. The fourth-order valence-electron chi connectivity index (χ4n) is 4.69. The summed E-state index contributed by atoms with van der Waals surface area (Å²) in [5.74, 6) is -1.03. The Morgan fingerprint density at radius 2 is 2.00 bits per heavy atom. The number of hydrogen-bond donors (Lipinski definition) is 3. The number of aromatic carboxylic acids is 1. The van der Waals surface area contributed by atoms with E-state index in [0.29, 0.717) is 30.1 Å². The van der Waals surface area contributed by atoms with Crippen molar-refractivity contribution in [3.63, 3.8) is 0 Å². The van der Waals surface area contributed by atoms with Gasteiger partial charge in [0, 0.05) is 37.8 Å². The van der Waals surface area contributed by atoms with Crippen LogP contribution in [0.2, 0.25) is 0 Å². The third-order valence-corrected chi connectivity index (χ3v) is 6.52. The molecular formula is C26H27N5O4. The molecule has 0 aliphatic carbocycles. The number of aromatic nitrogens is 2. The van der Waals surface area contributed by atoms with Gasteiger partial charge in [0.1, 0.15) is 11.3 Å². The summed E-state index contributed by atoms with van der Waals surface area (Å²) < 4.78 is 7.06. The van der Waals surface area contributed by atoms with Crippen LogP contribution in [-0.2, 0) is 17.8 Å². The first-order valence-electron chi connectivity index (χ1n) is 11.5. The van der Waals surface area contributed by atoms with Gasteiger partial charge in [0.2, 0.25) is 0 Å². The molecule has 35 heavy (non-hydrogen) atoms. The number of rotatable bonds is 6. The lowest BCUT2D eigenvalue weighted by Gasteiger charge is -2.18. The first-order valence-corrected chi connectivity index (χ1v) is 11.5. The maximum absolute atomic E-state index is 12.9. The number of carbonyl (C=O) groups excluding carboxylic acids is 1. The monoisotopic (exact) mass is 473 g/mol. The van der Waals surface area contributed by atoms with Gasteiger partial charge >= 0.3 is 12.0 Å². The van der Waals surface area contributed by atoms with E-state index in [-0.39, 0.29) is 30.9 Å². The molecule has 9 heteroatoms. The number of methoxy groups -OCH3 is 1. The van der Waals surface area contributed by atoms with Gasteiger partial charge in [-0.2, -0.15) is 0 Å². The average molecular weight is 474 g/mol. The molecule has 0 bridgehead atoms. The maximum atomic E-state index is 12.9. The molecule has 4 N–H and O–H groups in total. The number of fused-ring (bicyclic) bond motifs is 2. The van der Waals surface area contributed by atoms with E-state index in [9.17, 15) is 14.7 Å². The zero-order valence-electron chi connectivity index (χ0n) is 19.4. The van der Waals surface area contributed by atoms with Crippen LogP contribution in [0.25, 0.3) is 21.8 Å². The molecule has 1 aliphatic rings. The number of carbonyl (C=O) groups is 2. The summed E-state index contributed by atoms with van der Waals surface area (Å²) in [6, 6.07) is 16.7. The van der Waals surface area contributed by atoms with Crippen molar-refractivity contribution in [2.45, 2.75) is 25.6 Å². The number of pyridine rings is 1. The molecule has 3 heterocycles. The number of carboxylic acids is 1. The summed E-state index contributed by atoms with van der Waals surface area (Å²) in [4.78, 5) is 31.3. The third kappa shape index (κ3) is 4.43. The predicted molar refractivity (Wildman–Crippen MR) is 134 cm³/mol. The Kier molecular flexibility index (Phi) is 6.10. The van der Waals surface area contributed by atoms with Crippen molar-refractivity contribution in [2.75, 3.05) is 25.5 Å². The number of hydrogen-bond acceptors (Lipinski definition) is 5. The third-order valence-electron chi connectivity index (χ3n) is 6.52. The molecule has 9 nitrogen and oxygen atoms in total. The van der Waals surface area contributed by atoms with Gasteiger partial charge in [-0.15, -0.1) is 0 Å². The van der Waals surface area contributed by atoms with Crippen LogP contribution in [0, 0.1) is 0 Å². The number of amides is 2. The molecule has 1 fully saturated rings. The molecule has 2 aromatic heterocycles. The Balaban J connectivity index is 1.54. The van der Waals surface area contributed by atoms with Gasteiger partial charge in [-0.1, -0.05) is 24.3 Å². The minimum Gasteiger partial charge on any atom is -0.477 e. The van der Waals surface area contributed by atoms with Crippen LogP contribution < -0.4 is 11.1 Å². The fourth-order valence-corrected chi connectivity index (χ4v) is 4.69. The van der Waals surface area contributed by atoms with E-state index < -0.39 is 5.97 Å². The topological polar surface area (TPSA) is 123 Å². The summed E-state index contributed by atoms with van der Waals surface area (Å²) >= 11 is 0. The second-order valence-corrected chi connectivity index (χ2v) is 8.72. The quantitative estimate of drug-likeness (QED) is 0.393. The molecule has 4 aromatic rings. The number of nitrogens with zero attached hydrogens (tertiary/aromatic N) is 3. The number of ether oxygens (including phenoxy) is 1. The van der Waals surface area contributed by atoms with Crippen LogP contribution in [0.5, 0.6) is 0 Å². The van der Waals surface area contributed by atoms with Crippen molar-refractivity contribution < 1.29 is 19.4 Å². The number of likely N-dealkylation sites (tertiary alicyclic amines) is 1. The van der Waals surface area contributed by atoms with E-state index in [0.717, 1.165) is 28.1 Å². The van der Waals surface area contributed by atoms with Gasteiger partial charge in [0.15, 0.2) is 0 Å². The molecule has 0 spiro atoms. The summed E-state index contributed by atoms with van der Waals surface area (Å²) in [7, 11) is 1.66. The molecule has 2 amide bonds. The molecule has 1 aliphatic heterocycles. The van der Waals surface area contributed by atoms with Crippen molar-refractivity contribution >= 4 is 39.5 Å². The second-order valence-electron chi connectivity index (χ2n) is 8.72. The second kappa shape index (κ2) is 9.36.